The molecule has 8 heteroatoms. The number of nitrogens with zero attached hydrogens (tertiary/aromatic N) is 1. The largest absolute Gasteiger partial charge is 0.495 e. The number of methoxy groups -OCH3 is 2. The second-order valence-electron chi connectivity index (χ2n) is 7.21. The van der Waals surface area contributed by atoms with Crippen LogP contribution in [-0.4, -0.2) is 57.4 Å². The van der Waals surface area contributed by atoms with Gasteiger partial charge in [0.15, 0.2) is 11.5 Å². The fourth-order valence-corrected chi connectivity index (χ4v) is 3.77. The van der Waals surface area contributed by atoms with Crippen LogP contribution in [0.15, 0.2) is 36.4 Å². The number of amides is 1. The predicted molar refractivity (Wildman–Crippen MR) is 121 cm³/mol. The third-order valence-electron chi connectivity index (χ3n) is 5.09. The summed E-state index contributed by atoms with van der Waals surface area (Å²) in [6.07, 6.45) is 1.78. The maximum Gasteiger partial charge on any atom is 0.238 e. The molecule has 168 valence electrons. The van der Waals surface area contributed by atoms with Gasteiger partial charge in [-0.3, -0.25) is 9.69 Å². The number of nitrogens with one attached hydrogen (secondary N) is 1. The van der Waals surface area contributed by atoms with Gasteiger partial charge in [-0.05, 0) is 31.9 Å². The molecule has 1 amide bonds. The first-order valence-electron chi connectivity index (χ1n) is 10.4. The van der Waals surface area contributed by atoms with Gasteiger partial charge in [-0.2, -0.15) is 0 Å². The fraction of sp³-hybridized carbons (Fsp3) is 0.435. The molecule has 0 aliphatic carbocycles. The van der Waals surface area contributed by atoms with Gasteiger partial charge in [-0.1, -0.05) is 23.7 Å². The van der Waals surface area contributed by atoms with Crippen LogP contribution < -0.4 is 24.3 Å². The highest BCUT2D eigenvalue weighted by atomic mass is 35.5. The van der Waals surface area contributed by atoms with Gasteiger partial charge in [0.05, 0.1) is 38.1 Å². The number of anilines is 1. The average Bonchev–Trinajstić information content (AvgIpc) is 2.77. The lowest BCUT2D eigenvalue weighted by Crippen LogP contribution is -2.42. The first-order chi connectivity index (χ1) is 15.0. The van der Waals surface area contributed by atoms with Gasteiger partial charge in [0.1, 0.15) is 17.6 Å². The smallest absolute Gasteiger partial charge is 0.238 e. The van der Waals surface area contributed by atoms with Crippen molar-refractivity contribution < 1.29 is 23.7 Å². The van der Waals surface area contributed by atoms with Crippen LogP contribution in [0.3, 0.4) is 0 Å². The molecule has 0 radical (unpaired) electrons. The van der Waals surface area contributed by atoms with Gasteiger partial charge in [0.2, 0.25) is 5.91 Å². The summed E-state index contributed by atoms with van der Waals surface area (Å²) >= 11 is 6.13. The summed E-state index contributed by atoms with van der Waals surface area (Å²) in [5.41, 5.74) is 0.527. The van der Waals surface area contributed by atoms with Crippen molar-refractivity contribution in [3.05, 3.63) is 41.4 Å². The Kier molecular flexibility index (Phi) is 8.26. The fourth-order valence-electron chi connectivity index (χ4n) is 3.54. The molecular formula is C23H29ClN2O5. The summed E-state index contributed by atoms with van der Waals surface area (Å²) in [6, 6.07) is 11.0. The number of carbonyl (C=O) groups excluding carboxylic acids is 1. The number of para-hydroxylation sites is 2. The number of halogens is 1. The number of benzene rings is 2. The van der Waals surface area contributed by atoms with Crippen molar-refractivity contribution in [1.82, 2.24) is 4.90 Å². The summed E-state index contributed by atoms with van der Waals surface area (Å²) in [5, 5.41) is 3.31. The van der Waals surface area contributed by atoms with Crippen LogP contribution >= 0.6 is 11.6 Å². The summed E-state index contributed by atoms with van der Waals surface area (Å²) in [5.74, 6) is 2.37. The molecule has 0 unspecified atom stereocenters. The lowest BCUT2D eigenvalue weighted by molar-refractivity contribution is -0.117. The van der Waals surface area contributed by atoms with Gasteiger partial charge < -0.3 is 24.3 Å². The van der Waals surface area contributed by atoms with Crippen molar-refractivity contribution in [3.8, 4) is 23.0 Å². The van der Waals surface area contributed by atoms with E-state index >= 15 is 0 Å². The van der Waals surface area contributed by atoms with E-state index in [1.165, 1.54) is 14.2 Å². The minimum absolute atomic E-state index is 0.0986. The molecule has 0 bridgehead atoms. The highest BCUT2D eigenvalue weighted by Gasteiger charge is 2.23. The van der Waals surface area contributed by atoms with E-state index in [1.54, 1.807) is 12.1 Å². The molecular weight excluding hydrogens is 420 g/mol. The molecule has 0 atom stereocenters. The molecule has 1 heterocycles. The third kappa shape index (κ3) is 6.18. The second-order valence-corrected chi connectivity index (χ2v) is 7.62. The Morgan fingerprint density at radius 2 is 1.74 bits per heavy atom. The molecule has 3 rings (SSSR count). The zero-order chi connectivity index (χ0) is 22.2. The molecule has 1 N–H and O–H groups in total. The van der Waals surface area contributed by atoms with E-state index < -0.39 is 0 Å². The molecule has 31 heavy (non-hydrogen) atoms. The number of carbonyl (C=O) groups is 1. The normalized spacial score (nSPS) is 14.7. The van der Waals surface area contributed by atoms with Gasteiger partial charge in [-0.15, -0.1) is 0 Å². The quantitative estimate of drug-likeness (QED) is 0.618. The van der Waals surface area contributed by atoms with E-state index in [0.29, 0.717) is 28.8 Å². The standard InChI is InChI=1S/C23H29ClN2O5/c1-4-30-19-7-5-6-8-20(19)31-16-9-11-26(12-10-16)15-23(27)25-18-14-21(28-2)17(24)13-22(18)29-3/h5-8,13-14,16H,4,9-12,15H2,1-3H3,(H,25,27). The first-order valence-corrected chi connectivity index (χ1v) is 10.7. The van der Waals surface area contributed by atoms with Crippen molar-refractivity contribution in [2.45, 2.75) is 25.9 Å². The number of hydrogen-bond acceptors (Lipinski definition) is 6. The van der Waals surface area contributed by atoms with Crippen LogP contribution in [0.5, 0.6) is 23.0 Å². The zero-order valence-electron chi connectivity index (χ0n) is 18.2. The minimum Gasteiger partial charge on any atom is -0.495 e. The van der Waals surface area contributed by atoms with Crippen LogP contribution in [0.2, 0.25) is 5.02 Å². The number of ether oxygens (including phenoxy) is 4. The van der Waals surface area contributed by atoms with E-state index in [2.05, 4.69) is 10.2 Å². The molecule has 0 spiro atoms. The Hall–Kier alpha value is -2.64. The van der Waals surface area contributed by atoms with Crippen LogP contribution in [0, 0.1) is 0 Å². The Morgan fingerprint density at radius 1 is 1.06 bits per heavy atom. The number of piperidine rings is 1. The maximum atomic E-state index is 12.6. The number of likely N-dealkylation sites (tertiary alicyclic amines) is 1. The Labute approximate surface area is 188 Å². The lowest BCUT2D eigenvalue weighted by Gasteiger charge is -2.32. The molecule has 1 aliphatic heterocycles. The SMILES string of the molecule is CCOc1ccccc1OC1CCN(CC(=O)Nc2cc(OC)c(Cl)cc2OC)CC1. The van der Waals surface area contributed by atoms with Crippen molar-refractivity contribution in [2.24, 2.45) is 0 Å². The van der Waals surface area contributed by atoms with Crippen molar-refractivity contribution >= 4 is 23.2 Å². The van der Waals surface area contributed by atoms with Crippen LogP contribution in [0.25, 0.3) is 0 Å². The molecule has 0 aromatic heterocycles. The first kappa shape index (κ1) is 23.0. The summed E-state index contributed by atoms with van der Waals surface area (Å²) in [7, 11) is 3.06. The third-order valence-corrected chi connectivity index (χ3v) is 5.39. The average molecular weight is 449 g/mol. The topological polar surface area (TPSA) is 69.3 Å². The second kappa shape index (κ2) is 11.1. The van der Waals surface area contributed by atoms with Crippen LogP contribution in [-0.2, 0) is 4.79 Å². The maximum absolute atomic E-state index is 12.6. The molecule has 2 aromatic carbocycles. The van der Waals surface area contributed by atoms with E-state index in [1.807, 2.05) is 31.2 Å². The van der Waals surface area contributed by atoms with E-state index in [-0.39, 0.29) is 18.6 Å². The van der Waals surface area contributed by atoms with E-state index in [4.69, 9.17) is 30.5 Å². The van der Waals surface area contributed by atoms with Crippen molar-refractivity contribution in [2.75, 3.05) is 45.8 Å². The van der Waals surface area contributed by atoms with Crippen LogP contribution in [0.1, 0.15) is 19.8 Å². The van der Waals surface area contributed by atoms with Gasteiger partial charge in [-0.25, -0.2) is 0 Å². The monoisotopic (exact) mass is 448 g/mol. The van der Waals surface area contributed by atoms with Gasteiger partial charge in [0.25, 0.3) is 0 Å². The Morgan fingerprint density at radius 3 is 2.39 bits per heavy atom. The lowest BCUT2D eigenvalue weighted by atomic mass is 10.1. The molecule has 1 fully saturated rings. The summed E-state index contributed by atoms with van der Waals surface area (Å²) in [4.78, 5) is 14.7. The molecule has 0 saturated carbocycles. The van der Waals surface area contributed by atoms with Crippen molar-refractivity contribution in [3.63, 3.8) is 0 Å². The summed E-state index contributed by atoms with van der Waals surface area (Å²) in [6.45, 7) is 4.39. The molecule has 1 saturated heterocycles. The Bertz CT molecular complexity index is 884. The Balaban J connectivity index is 1.52. The molecule has 1 aliphatic rings. The van der Waals surface area contributed by atoms with E-state index in [0.717, 1.165) is 37.4 Å². The number of rotatable bonds is 9. The predicted octanol–water partition coefficient (Wildman–Crippen LogP) is 4.24. The van der Waals surface area contributed by atoms with E-state index in [9.17, 15) is 4.79 Å². The minimum atomic E-state index is -0.122. The van der Waals surface area contributed by atoms with Gasteiger partial charge >= 0.3 is 0 Å². The van der Waals surface area contributed by atoms with Gasteiger partial charge in [0, 0.05) is 25.2 Å². The highest BCUT2D eigenvalue weighted by Crippen LogP contribution is 2.36. The molecule has 2 aromatic rings. The van der Waals surface area contributed by atoms with Crippen molar-refractivity contribution in [1.29, 1.82) is 0 Å². The summed E-state index contributed by atoms with van der Waals surface area (Å²) < 4.78 is 22.3. The highest BCUT2D eigenvalue weighted by molar-refractivity contribution is 6.32. The zero-order valence-corrected chi connectivity index (χ0v) is 18.9. The number of hydrogen-bond donors (Lipinski definition) is 1. The van der Waals surface area contributed by atoms with Crippen LogP contribution in [0.4, 0.5) is 5.69 Å². The molecule has 7 nitrogen and oxygen atoms in total.